The van der Waals surface area contributed by atoms with E-state index in [2.05, 4.69) is 0 Å². The van der Waals surface area contributed by atoms with Crippen molar-refractivity contribution in [3.63, 3.8) is 0 Å². The van der Waals surface area contributed by atoms with Gasteiger partial charge in [0.1, 0.15) is 6.54 Å². The molecule has 0 saturated heterocycles. The average Bonchev–Trinajstić information content (AvgIpc) is 2.13. The molecule has 16 heavy (non-hydrogen) atoms. The molecule has 0 atom stereocenters. The molecule has 4 nitrogen and oxygen atoms in total. The molecule has 0 spiro atoms. The molecule has 0 heterocycles. The van der Waals surface area contributed by atoms with Crippen LogP contribution in [-0.4, -0.2) is 26.5 Å². The van der Waals surface area contributed by atoms with Gasteiger partial charge in [-0.1, -0.05) is 23.7 Å². The number of anilines is 1. The Morgan fingerprint density at radius 3 is 2.38 bits per heavy atom. The van der Waals surface area contributed by atoms with E-state index in [0.29, 0.717) is 0 Å². The molecule has 1 aromatic rings. The highest BCUT2D eigenvalue weighted by Crippen LogP contribution is 2.26. The average molecular weight is 282 g/mol. The summed E-state index contributed by atoms with van der Waals surface area (Å²) in [6.07, 6.45) is 0.982. The zero-order chi connectivity index (χ0) is 12.3. The molecule has 1 rings (SSSR count). The number of rotatable bonds is 4. The van der Waals surface area contributed by atoms with Crippen molar-refractivity contribution in [2.45, 2.75) is 0 Å². The van der Waals surface area contributed by atoms with Crippen molar-refractivity contribution in [1.82, 2.24) is 0 Å². The van der Waals surface area contributed by atoms with E-state index in [4.69, 9.17) is 23.2 Å². The first-order chi connectivity index (χ1) is 7.32. The predicted molar refractivity (Wildman–Crippen MR) is 64.5 cm³/mol. The highest BCUT2D eigenvalue weighted by molar-refractivity contribution is 7.92. The molecule has 0 bridgehead atoms. The maximum Gasteiger partial charge on any atom is 0.242 e. The number of nitrogens with zero attached hydrogens (tertiary/aromatic N) is 1. The zero-order valence-electron chi connectivity index (χ0n) is 8.35. The molecule has 0 saturated carbocycles. The summed E-state index contributed by atoms with van der Waals surface area (Å²) in [6, 6.07) is 6.32. The number of halogens is 2. The first-order valence-electron chi connectivity index (χ1n) is 4.23. The number of benzene rings is 1. The highest BCUT2D eigenvalue weighted by atomic mass is 35.5. The summed E-state index contributed by atoms with van der Waals surface area (Å²) in [6.45, 7) is -0.440. The molecule has 0 aliphatic carbocycles. The lowest BCUT2D eigenvalue weighted by Crippen LogP contribution is -2.33. The summed E-state index contributed by atoms with van der Waals surface area (Å²) in [7, 11) is -3.59. The van der Waals surface area contributed by atoms with Crippen molar-refractivity contribution in [1.29, 1.82) is 0 Å². The summed E-state index contributed by atoms with van der Waals surface area (Å²) in [5, 5.41) is -0.531. The Labute approximate surface area is 104 Å². The topological polar surface area (TPSA) is 54.5 Å². The van der Waals surface area contributed by atoms with Crippen LogP contribution in [0.5, 0.6) is 0 Å². The Bertz CT molecular complexity index is 501. The van der Waals surface area contributed by atoms with Crippen LogP contribution in [0.4, 0.5) is 5.69 Å². The number of hydrogen-bond acceptors (Lipinski definition) is 3. The minimum absolute atomic E-state index is 0.237. The number of carbonyl (C=O) groups is 1. The molecule has 88 valence electrons. The third kappa shape index (κ3) is 3.37. The second-order valence-corrected chi connectivity index (χ2v) is 5.81. The fourth-order valence-corrected chi connectivity index (χ4v) is 2.49. The van der Waals surface area contributed by atoms with Gasteiger partial charge in [-0.15, -0.1) is 0 Å². The highest BCUT2D eigenvalue weighted by Gasteiger charge is 2.21. The van der Waals surface area contributed by atoms with Gasteiger partial charge in [0.2, 0.25) is 15.3 Å². The molecular weight excluding hydrogens is 273 g/mol. The summed E-state index contributed by atoms with van der Waals surface area (Å²) >= 11 is 11.0. The maximum absolute atomic E-state index is 11.5. The van der Waals surface area contributed by atoms with Crippen LogP contribution < -0.4 is 4.31 Å². The van der Waals surface area contributed by atoms with E-state index in [1.54, 1.807) is 12.1 Å². The summed E-state index contributed by atoms with van der Waals surface area (Å²) < 4.78 is 23.8. The summed E-state index contributed by atoms with van der Waals surface area (Å²) in [5.41, 5.74) is 0.237. The molecule has 0 aliphatic rings. The van der Waals surface area contributed by atoms with Crippen molar-refractivity contribution < 1.29 is 13.2 Å². The van der Waals surface area contributed by atoms with Gasteiger partial charge >= 0.3 is 0 Å². The normalized spacial score (nSPS) is 11.2. The minimum Gasteiger partial charge on any atom is -0.279 e. The zero-order valence-corrected chi connectivity index (χ0v) is 10.7. The third-order valence-electron chi connectivity index (χ3n) is 1.79. The smallest absolute Gasteiger partial charge is 0.242 e. The van der Waals surface area contributed by atoms with Crippen LogP contribution in [0.25, 0.3) is 0 Å². The third-order valence-corrected chi connectivity index (χ3v) is 3.35. The van der Waals surface area contributed by atoms with Gasteiger partial charge < -0.3 is 0 Å². The Morgan fingerprint density at radius 2 is 1.94 bits per heavy atom. The van der Waals surface area contributed by atoms with Crippen LogP contribution in [0.3, 0.4) is 0 Å². The van der Waals surface area contributed by atoms with Crippen LogP contribution in [-0.2, 0) is 14.8 Å². The van der Waals surface area contributed by atoms with Crippen molar-refractivity contribution in [2.24, 2.45) is 0 Å². The number of hydrogen-bond donors (Lipinski definition) is 0. The van der Waals surface area contributed by atoms with Crippen LogP contribution in [0, 0.1) is 0 Å². The fraction of sp³-hybridized carbons (Fsp3) is 0.222. The predicted octanol–water partition coefficient (Wildman–Crippen LogP) is 1.87. The van der Waals surface area contributed by atoms with Crippen LogP contribution in [0.1, 0.15) is 0 Å². The van der Waals surface area contributed by atoms with Gasteiger partial charge in [-0.2, -0.15) is 0 Å². The molecule has 0 N–H and O–H groups in total. The molecule has 7 heteroatoms. The second kappa shape index (κ2) is 5.03. The molecular formula is C9H9Cl2NO3S. The fourth-order valence-electron chi connectivity index (χ4n) is 1.15. The Balaban J connectivity index is 3.22. The van der Waals surface area contributed by atoms with Crippen molar-refractivity contribution in [2.75, 3.05) is 17.1 Å². The van der Waals surface area contributed by atoms with E-state index in [-0.39, 0.29) is 10.7 Å². The molecule has 0 unspecified atom stereocenters. The van der Waals surface area contributed by atoms with Gasteiger partial charge in [0, 0.05) is 0 Å². The Kier molecular flexibility index (Phi) is 4.18. The van der Waals surface area contributed by atoms with Crippen molar-refractivity contribution in [3.05, 3.63) is 29.3 Å². The van der Waals surface area contributed by atoms with Crippen LogP contribution in [0.15, 0.2) is 24.3 Å². The quantitative estimate of drug-likeness (QED) is 0.792. The monoisotopic (exact) mass is 281 g/mol. The largest absolute Gasteiger partial charge is 0.279 e. The Morgan fingerprint density at radius 1 is 1.38 bits per heavy atom. The van der Waals surface area contributed by atoms with Crippen LogP contribution >= 0.6 is 23.2 Å². The number of para-hydroxylation sites is 1. The Hall–Kier alpha value is -0.780. The standard InChI is InChI=1S/C9H9Cl2NO3S/c1-16(14,15)12(6-9(11)13)8-5-3-2-4-7(8)10/h2-5H,6H2,1H3. The lowest BCUT2D eigenvalue weighted by Gasteiger charge is -2.21. The van der Waals surface area contributed by atoms with E-state index < -0.39 is 21.8 Å². The number of carbonyl (C=O) groups excluding carboxylic acids is 1. The second-order valence-electron chi connectivity index (χ2n) is 3.08. The van der Waals surface area contributed by atoms with Crippen molar-refractivity contribution >= 4 is 44.2 Å². The van der Waals surface area contributed by atoms with Gasteiger partial charge in [-0.3, -0.25) is 9.10 Å². The van der Waals surface area contributed by atoms with Gasteiger partial charge in [-0.25, -0.2) is 8.42 Å². The van der Waals surface area contributed by atoms with E-state index in [1.807, 2.05) is 0 Å². The van der Waals surface area contributed by atoms with E-state index in [1.165, 1.54) is 12.1 Å². The summed E-state index contributed by atoms with van der Waals surface area (Å²) in [5.74, 6) is 0. The first kappa shape index (κ1) is 13.3. The van der Waals surface area contributed by atoms with E-state index in [0.717, 1.165) is 10.6 Å². The van der Waals surface area contributed by atoms with Gasteiger partial charge in [0.15, 0.2) is 0 Å². The van der Waals surface area contributed by atoms with Crippen LogP contribution in [0.2, 0.25) is 5.02 Å². The SMILES string of the molecule is CS(=O)(=O)N(CC(=O)Cl)c1ccccc1Cl. The van der Waals surface area contributed by atoms with Crippen molar-refractivity contribution in [3.8, 4) is 0 Å². The maximum atomic E-state index is 11.5. The molecule has 1 aromatic carbocycles. The van der Waals surface area contributed by atoms with E-state index in [9.17, 15) is 13.2 Å². The molecule has 0 aliphatic heterocycles. The first-order valence-corrected chi connectivity index (χ1v) is 6.83. The van der Waals surface area contributed by atoms with Gasteiger partial charge in [0.25, 0.3) is 0 Å². The minimum atomic E-state index is -3.59. The van der Waals surface area contributed by atoms with E-state index >= 15 is 0 Å². The van der Waals surface area contributed by atoms with Gasteiger partial charge in [-0.05, 0) is 23.7 Å². The molecule has 0 amide bonds. The van der Waals surface area contributed by atoms with Gasteiger partial charge in [0.05, 0.1) is 17.0 Å². The lowest BCUT2D eigenvalue weighted by molar-refractivity contribution is -0.110. The number of sulfonamides is 1. The molecule has 0 aromatic heterocycles. The molecule has 0 radical (unpaired) electrons. The lowest BCUT2D eigenvalue weighted by atomic mass is 10.3. The molecule has 0 fully saturated rings. The summed E-state index contributed by atoms with van der Waals surface area (Å²) in [4.78, 5) is 10.8.